The maximum Gasteiger partial charge on any atom is 0.233 e. The molecule has 0 amide bonds. The quantitative estimate of drug-likeness (QED) is 0.562. The molecular formula is C23H24F2N6O2. The molecule has 1 aliphatic heterocycles. The minimum absolute atomic E-state index is 0.129. The van der Waals surface area contributed by atoms with Gasteiger partial charge in [-0.05, 0) is 43.5 Å². The van der Waals surface area contributed by atoms with Gasteiger partial charge < -0.3 is 20.1 Å². The van der Waals surface area contributed by atoms with E-state index in [-0.39, 0.29) is 41.0 Å². The number of ether oxygens (including phenoxy) is 1. The van der Waals surface area contributed by atoms with Gasteiger partial charge >= 0.3 is 0 Å². The van der Waals surface area contributed by atoms with Gasteiger partial charge in [-0.3, -0.25) is 0 Å². The normalized spacial score (nSPS) is 19.0. The smallest absolute Gasteiger partial charge is 0.233 e. The Bertz CT molecular complexity index is 1160. The summed E-state index contributed by atoms with van der Waals surface area (Å²) in [7, 11) is 1.44. The van der Waals surface area contributed by atoms with Gasteiger partial charge in [-0.25, -0.2) is 8.78 Å². The first-order valence-corrected chi connectivity index (χ1v) is 10.8. The third-order valence-electron chi connectivity index (χ3n) is 6.30. The van der Waals surface area contributed by atoms with Gasteiger partial charge in [0.25, 0.3) is 0 Å². The summed E-state index contributed by atoms with van der Waals surface area (Å²) in [5.74, 6) is 0.266. The van der Waals surface area contributed by atoms with Crippen molar-refractivity contribution < 1.29 is 18.6 Å². The van der Waals surface area contributed by atoms with Crippen LogP contribution >= 0.6 is 0 Å². The maximum absolute atomic E-state index is 14.9. The maximum atomic E-state index is 14.9. The summed E-state index contributed by atoms with van der Waals surface area (Å²) in [4.78, 5) is 2.09. The van der Waals surface area contributed by atoms with E-state index in [2.05, 4.69) is 30.6 Å². The van der Waals surface area contributed by atoms with E-state index in [1.165, 1.54) is 31.5 Å². The number of nitrogens with one attached hydrogen (secondary N) is 1. The molecular weight excluding hydrogens is 430 g/mol. The lowest BCUT2D eigenvalue weighted by Gasteiger charge is -2.21. The van der Waals surface area contributed by atoms with Crippen molar-refractivity contribution in [2.45, 2.75) is 30.8 Å². The first-order valence-electron chi connectivity index (χ1n) is 10.8. The first-order chi connectivity index (χ1) is 16.0. The molecule has 1 aromatic carbocycles. The molecule has 33 heavy (non-hydrogen) atoms. The molecule has 0 unspecified atom stereocenters. The van der Waals surface area contributed by atoms with E-state index in [1.54, 1.807) is 12.1 Å². The number of aromatic nitrogens is 4. The van der Waals surface area contributed by atoms with Crippen molar-refractivity contribution in [3.8, 4) is 34.0 Å². The number of halogens is 2. The molecule has 0 radical (unpaired) electrons. The Morgan fingerprint density at radius 1 is 1.18 bits per heavy atom. The fourth-order valence-corrected chi connectivity index (χ4v) is 4.21. The van der Waals surface area contributed by atoms with Gasteiger partial charge in [0.15, 0.2) is 5.82 Å². The Morgan fingerprint density at radius 2 is 2.03 bits per heavy atom. The molecule has 1 saturated heterocycles. The summed E-state index contributed by atoms with van der Waals surface area (Å²) in [5.41, 5.74) is 0.882. The monoisotopic (exact) mass is 454 g/mol. The molecule has 3 aromatic rings. The van der Waals surface area contributed by atoms with Crippen LogP contribution in [0.3, 0.4) is 0 Å². The van der Waals surface area contributed by atoms with Crippen LogP contribution in [0.25, 0.3) is 22.4 Å². The van der Waals surface area contributed by atoms with Crippen LogP contribution in [0.4, 0.5) is 14.6 Å². The highest BCUT2D eigenvalue weighted by Crippen LogP contribution is 2.38. The standard InChI is InChI=1S/C23H24F2N6O2/c1-33-22-8-14(11-26-30-22)16-10-20(32)17(9-18(16)25)19-2-3-21(29-28-19)31-7-4-15(12-31)27-23(13-24)5-6-23/h2-3,8-11,15,27,32H,4-7,12-13H2,1H3/t15-/m1/s1. The number of hydrogen-bond donors (Lipinski definition) is 2. The number of methoxy groups -OCH3 is 1. The zero-order chi connectivity index (χ0) is 23.0. The number of hydrogen-bond acceptors (Lipinski definition) is 8. The molecule has 5 rings (SSSR count). The number of benzene rings is 1. The topological polar surface area (TPSA) is 96.3 Å². The molecule has 8 nitrogen and oxygen atoms in total. The molecule has 2 aromatic heterocycles. The van der Waals surface area contributed by atoms with Gasteiger partial charge in [0.05, 0.1) is 19.0 Å². The van der Waals surface area contributed by atoms with E-state index in [0.29, 0.717) is 17.1 Å². The van der Waals surface area contributed by atoms with Crippen molar-refractivity contribution in [3.05, 3.63) is 42.3 Å². The first kappa shape index (κ1) is 21.4. The average molecular weight is 454 g/mol. The summed E-state index contributed by atoms with van der Waals surface area (Å²) >= 11 is 0. The minimum Gasteiger partial charge on any atom is -0.507 e. The van der Waals surface area contributed by atoms with Crippen molar-refractivity contribution in [1.82, 2.24) is 25.7 Å². The van der Waals surface area contributed by atoms with E-state index >= 15 is 0 Å². The number of alkyl halides is 1. The third kappa shape index (κ3) is 4.30. The fraction of sp³-hybridized carbons (Fsp3) is 0.391. The summed E-state index contributed by atoms with van der Waals surface area (Å²) in [6.07, 6.45) is 4.08. The van der Waals surface area contributed by atoms with Crippen LogP contribution in [0.2, 0.25) is 0 Å². The lowest BCUT2D eigenvalue weighted by atomic mass is 10.0. The molecule has 1 atom stereocenters. The van der Waals surface area contributed by atoms with Crippen LogP contribution in [0, 0.1) is 5.82 Å². The van der Waals surface area contributed by atoms with Gasteiger partial charge in [0.2, 0.25) is 5.88 Å². The Hall–Kier alpha value is -3.40. The van der Waals surface area contributed by atoms with E-state index in [1.807, 2.05) is 0 Å². The fourth-order valence-electron chi connectivity index (χ4n) is 4.21. The Morgan fingerprint density at radius 3 is 2.73 bits per heavy atom. The summed E-state index contributed by atoms with van der Waals surface area (Å²) < 4.78 is 33.1. The van der Waals surface area contributed by atoms with Crippen LogP contribution in [0.5, 0.6) is 11.6 Å². The highest BCUT2D eigenvalue weighted by molar-refractivity contribution is 5.75. The Kier molecular flexibility index (Phi) is 5.53. The average Bonchev–Trinajstić information content (AvgIpc) is 3.47. The molecule has 1 saturated carbocycles. The van der Waals surface area contributed by atoms with Gasteiger partial charge in [-0.1, -0.05) is 0 Å². The minimum atomic E-state index is -0.543. The van der Waals surface area contributed by atoms with Crippen molar-refractivity contribution in [2.24, 2.45) is 0 Å². The second kappa shape index (κ2) is 8.51. The number of phenolic OH excluding ortho intramolecular Hbond substituents is 1. The molecule has 10 heteroatoms. The van der Waals surface area contributed by atoms with Gasteiger partial charge in [0, 0.05) is 47.4 Å². The van der Waals surface area contributed by atoms with Crippen molar-refractivity contribution in [3.63, 3.8) is 0 Å². The molecule has 0 bridgehead atoms. The highest BCUT2D eigenvalue weighted by atomic mass is 19.1. The third-order valence-corrected chi connectivity index (χ3v) is 6.30. The van der Waals surface area contributed by atoms with Crippen LogP contribution in [-0.2, 0) is 0 Å². The van der Waals surface area contributed by atoms with Crippen molar-refractivity contribution in [1.29, 1.82) is 0 Å². The molecule has 2 aliphatic rings. The van der Waals surface area contributed by atoms with Crippen LogP contribution in [0.15, 0.2) is 36.5 Å². The Balaban J connectivity index is 1.32. The summed E-state index contributed by atoms with van der Waals surface area (Å²) in [6, 6.07) is 7.82. The molecule has 1 aliphatic carbocycles. The zero-order valence-corrected chi connectivity index (χ0v) is 18.1. The zero-order valence-electron chi connectivity index (χ0n) is 18.1. The molecule has 3 heterocycles. The Labute approximate surface area is 189 Å². The van der Waals surface area contributed by atoms with Gasteiger partial charge in [-0.15, -0.1) is 15.3 Å². The molecule has 2 fully saturated rings. The van der Waals surface area contributed by atoms with Gasteiger partial charge in [0.1, 0.15) is 18.2 Å². The van der Waals surface area contributed by atoms with Crippen molar-refractivity contribution in [2.75, 3.05) is 31.8 Å². The second-order valence-corrected chi connectivity index (χ2v) is 8.60. The van der Waals surface area contributed by atoms with Crippen LogP contribution < -0.4 is 15.0 Å². The van der Waals surface area contributed by atoms with E-state index in [9.17, 15) is 13.9 Å². The predicted octanol–water partition coefficient (Wildman–Crippen LogP) is 3.12. The van der Waals surface area contributed by atoms with E-state index in [4.69, 9.17) is 4.74 Å². The predicted molar refractivity (Wildman–Crippen MR) is 118 cm³/mol. The summed E-state index contributed by atoms with van der Waals surface area (Å²) in [5, 5.41) is 30.1. The number of nitrogens with zero attached hydrogens (tertiary/aromatic N) is 5. The number of anilines is 1. The van der Waals surface area contributed by atoms with Crippen molar-refractivity contribution >= 4 is 5.82 Å². The highest BCUT2D eigenvalue weighted by Gasteiger charge is 2.45. The summed E-state index contributed by atoms with van der Waals surface area (Å²) in [6.45, 7) is 1.20. The molecule has 0 spiro atoms. The largest absolute Gasteiger partial charge is 0.507 e. The van der Waals surface area contributed by atoms with Gasteiger partial charge in [-0.2, -0.15) is 5.10 Å². The number of aromatic hydroxyl groups is 1. The van der Waals surface area contributed by atoms with Crippen LogP contribution in [-0.4, -0.2) is 64.0 Å². The number of phenols is 1. The number of rotatable bonds is 7. The SMILES string of the molecule is COc1cc(-c2cc(O)c(-c3ccc(N4CC[C@@H](NC5(CF)CC5)C4)nn3)cc2F)cnn1. The van der Waals surface area contributed by atoms with E-state index in [0.717, 1.165) is 32.4 Å². The lowest BCUT2D eigenvalue weighted by molar-refractivity contribution is 0.332. The molecule has 2 N–H and O–H groups in total. The lowest BCUT2D eigenvalue weighted by Crippen LogP contribution is -2.43. The molecule has 172 valence electrons. The second-order valence-electron chi connectivity index (χ2n) is 8.60. The van der Waals surface area contributed by atoms with Crippen LogP contribution in [0.1, 0.15) is 19.3 Å². The van der Waals surface area contributed by atoms with E-state index < -0.39 is 5.82 Å².